The van der Waals surface area contributed by atoms with Crippen LogP contribution in [0.25, 0.3) is 0 Å². The van der Waals surface area contributed by atoms with Gasteiger partial charge in [0.25, 0.3) is 5.69 Å². The molecule has 7 heteroatoms. The number of nitro groups is 1. The van der Waals surface area contributed by atoms with Gasteiger partial charge < -0.3 is 10.1 Å². The van der Waals surface area contributed by atoms with Gasteiger partial charge in [0.05, 0.1) is 23.0 Å². The van der Waals surface area contributed by atoms with Crippen LogP contribution in [0.5, 0.6) is 5.75 Å². The van der Waals surface area contributed by atoms with Gasteiger partial charge in [-0.1, -0.05) is 24.3 Å². The third-order valence-corrected chi connectivity index (χ3v) is 4.96. The third kappa shape index (κ3) is 4.96. The van der Waals surface area contributed by atoms with Gasteiger partial charge in [-0.15, -0.1) is 11.8 Å². The SMILES string of the molecule is COc1ccc([N+](=O)[O-])cc1NC(=O)[C@H](C)SCc1ccccc1C. The summed E-state index contributed by atoms with van der Waals surface area (Å²) in [5.41, 5.74) is 2.56. The molecule has 0 saturated carbocycles. The average molecular weight is 360 g/mol. The highest BCUT2D eigenvalue weighted by atomic mass is 32.2. The van der Waals surface area contributed by atoms with Crippen LogP contribution in [0.2, 0.25) is 0 Å². The summed E-state index contributed by atoms with van der Waals surface area (Å²) >= 11 is 1.51. The van der Waals surface area contributed by atoms with E-state index in [-0.39, 0.29) is 16.8 Å². The Bertz CT molecular complexity index is 779. The number of nitrogens with one attached hydrogen (secondary N) is 1. The first kappa shape index (κ1) is 18.8. The van der Waals surface area contributed by atoms with E-state index in [1.807, 2.05) is 38.1 Å². The van der Waals surface area contributed by atoms with E-state index in [0.29, 0.717) is 17.2 Å². The molecule has 0 bridgehead atoms. The van der Waals surface area contributed by atoms with E-state index in [4.69, 9.17) is 4.74 Å². The summed E-state index contributed by atoms with van der Waals surface area (Å²) in [7, 11) is 1.45. The van der Waals surface area contributed by atoms with Crippen LogP contribution in [0.3, 0.4) is 0 Å². The highest BCUT2D eigenvalue weighted by Gasteiger charge is 2.18. The van der Waals surface area contributed by atoms with Crippen LogP contribution < -0.4 is 10.1 Å². The van der Waals surface area contributed by atoms with Crippen molar-refractivity contribution < 1.29 is 14.5 Å². The molecule has 0 radical (unpaired) electrons. The number of nitro benzene ring substituents is 1. The largest absolute Gasteiger partial charge is 0.495 e. The highest BCUT2D eigenvalue weighted by Crippen LogP contribution is 2.30. The molecule has 6 nitrogen and oxygen atoms in total. The van der Waals surface area contributed by atoms with E-state index in [2.05, 4.69) is 5.32 Å². The fourth-order valence-corrected chi connectivity index (χ4v) is 3.17. The van der Waals surface area contributed by atoms with Crippen molar-refractivity contribution in [2.75, 3.05) is 12.4 Å². The number of anilines is 1. The van der Waals surface area contributed by atoms with E-state index >= 15 is 0 Å². The lowest BCUT2D eigenvalue weighted by molar-refractivity contribution is -0.384. The first-order chi connectivity index (χ1) is 11.9. The van der Waals surface area contributed by atoms with Crippen LogP contribution in [0, 0.1) is 17.0 Å². The fraction of sp³-hybridized carbons (Fsp3) is 0.278. The number of hydrogen-bond acceptors (Lipinski definition) is 5. The summed E-state index contributed by atoms with van der Waals surface area (Å²) in [5.74, 6) is 0.875. The zero-order valence-electron chi connectivity index (χ0n) is 14.3. The van der Waals surface area contributed by atoms with Crippen LogP contribution in [0.1, 0.15) is 18.1 Å². The van der Waals surface area contributed by atoms with Gasteiger partial charge in [-0.25, -0.2) is 0 Å². The molecule has 1 atom stereocenters. The minimum Gasteiger partial charge on any atom is -0.495 e. The Morgan fingerprint density at radius 3 is 2.68 bits per heavy atom. The molecule has 0 aromatic heterocycles. The van der Waals surface area contributed by atoms with Crippen LogP contribution in [0.4, 0.5) is 11.4 Å². The van der Waals surface area contributed by atoms with E-state index < -0.39 is 4.92 Å². The topological polar surface area (TPSA) is 81.5 Å². The van der Waals surface area contributed by atoms with Crippen LogP contribution in [0.15, 0.2) is 42.5 Å². The molecule has 0 aliphatic carbocycles. The average Bonchev–Trinajstić information content (AvgIpc) is 2.60. The van der Waals surface area contributed by atoms with Crippen LogP contribution in [-0.2, 0) is 10.5 Å². The number of aryl methyl sites for hydroxylation is 1. The van der Waals surface area contributed by atoms with Crippen molar-refractivity contribution >= 4 is 29.0 Å². The Morgan fingerprint density at radius 2 is 2.04 bits per heavy atom. The highest BCUT2D eigenvalue weighted by molar-refractivity contribution is 7.99. The molecule has 0 heterocycles. The van der Waals surface area contributed by atoms with Gasteiger partial charge in [0.1, 0.15) is 5.75 Å². The predicted molar refractivity (Wildman–Crippen MR) is 100 cm³/mol. The molecule has 0 aliphatic rings. The standard InChI is InChI=1S/C18H20N2O4S/c1-12-6-4-5-7-14(12)11-25-13(2)18(21)19-16-10-15(20(22)23)8-9-17(16)24-3/h4-10,13H,11H2,1-3H3,(H,19,21)/t13-/m0/s1. The maximum absolute atomic E-state index is 12.4. The Labute approximate surface area is 150 Å². The van der Waals surface area contributed by atoms with Crippen LogP contribution in [-0.4, -0.2) is 23.2 Å². The minimum atomic E-state index is -0.508. The summed E-state index contributed by atoms with van der Waals surface area (Å²) in [5, 5.41) is 13.3. The van der Waals surface area contributed by atoms with Gasteiger partial charge in [-0.2, -0.15) is 0 Å². The maximum atomic E-state index is 12.4. The number of carbonyl (C=O) groups excluding carboxylic acids is 1. The Morgan fingerprint density at radius 1 is 1.32 bits per heavy atom. The van der Waals surface area contributed by atoms with Crippen molar-refractivity contribution in [3.63, 3.8) is 0 Å². The van der Waals surface area contributed by atoms with Crippen molar-refractivity contribution in [2.24, 2.45) is 0 Å². The summed E-state index contributed by atoms with van der Waals surface area (Å²) in [6.45, 7) is 3.84. The minimum absolute atomic E-state index is 0.101. The number of ether oxygens (including phenoxy) is 1. The van der Waals surface area contributed by atoms with Crippen molar-refractivity contribution in [1.82, 2.24) is 0 Å². The number of benzene rings is 2. The van der Waals surface area contributed by atoms with Crippen molar-refractivity contribution in [1.29, 1.82) is 0 Å². The monoisotopic (exact) mass is 360 g/mol. The summed E-state index contributed by atoms with van der Waals surface area (Å²) < 4.78 is 5.16. The molecule has 2 rings (SSSR count). The molecule has 0 spiro atoms. The molecular weight excluding hydrogens is 340 g/mol. The Balaban J connectivity index is 2.04. The number of rotatable bonds is 7. The first-order valence-electron chi connectivity index (χ1n) is 7.71. The van der Waals surface area contributed by atoms with E-state index in [1.54, 1.807) is 0 Å². The molecular formula is C18H20N2O4S. The number of thioether (sulfide) groups is 1. The lowest BCUT2D eigenvalue weighted by Gasteiger charge is -2.14. The predicted octanol–water partition coefficient (Wildman–Crippen LogP) is 4.17. The Kier molecular flexibility index (Phi) is 6.41. The number of methoxy groups -OCH3 is 1. The molecule has 2 aromatic rings. The molecule has 132 valence electrons. The van der Waals surface area contributed by atoms with Gasteiger partial charge in [-0.3, -0.25) is 14.9 Å². The molecule has 0 unspecified atom stereocenters. The van der Waals surface area contributed by atoms with Gasteiger partial charge in [0, 0.05) is 17.9 Å². The van der Waals surface area contributed by atoms with Crippen LogP contribution >= 0.6 is 11.8 Å². The molecule has 0 saturated heterocycles. The molecule has 1 N–H and O–H groups in total. The molecule has 2 aromatic carbocycles. The third-order valence-electron chi connectivity index (χ3n) is 3.77. The molecule has 1 amide bonds. The number of nitrogens with zero attached hydrogens (tertiary/aromatic N) is 1. The van der Waals surface area contributed by atoms with Gasteiger partial charge in [0.2, 0.25) is 5.91 Å². The maximum Gasteiger partial charge on any atom is 0.271 e. The zero-order chi connectivity index (χ0) is 18.4. The van der Waals surface area contributed by atoms with E-state index in [1.165, 1.54) is 48.2 Å². The van der Waals surface area contributed by atoms with Gasteiger partial charge in [-0.05, 0) is 31.0 Å². The number of non-ortho nitro benzene ring substituents is 1. The lowest BCUT2D eigenvalue weighted by atomic mass is 10.1. The number of amides is 1. The molecule has 0 aliphatic heterocycles. The second kappa shape index (κ2) is 8.53. The van der Waals surface area contributed by atoms with Gasteiger partial charge in [0.15, 0.2) is 0 Å². The fourth-order valence-electron chi connectivity index (χ4n) is 2.20. The summed E-state index contributed by atoms with van der Waals surface area (Å²) in [6.07, 6.45) is 0. The number of hydrogen-bond donors (Lipinski definition) is 1. The summed E-state index contributed by atoms with van der Waals surface area (Å²) in [4.78, 5) is 22.8. The lowest BCUT2D eigenvalue weighted by Crippen LogP contribution is -2.23. The van der Waals surface area contributed by atoms with Crippen molar-refractivity contribution in [3.05, 3.63) is 63.7 Å². The van der Waals surface area contributed by atoms with Crippen molar-refractivity contribution in [3.8, 4) is 5.75 Å². The second-order valence-electron chi connectivity index (χ2n) is 5.51. The second-order valence-corrected chi connectivity index (χ2v) is 6.84. The normalized spacial score (nSPS) is 11.6. The quantitative estimate of drug-likeness (QED) is 0.592. The smallest absolute Gasteiger partial charge is 0.271 e. The zero-order valence-corrected chi connectivity index (χ0v) is 15.1. The first-order valence-corrected chi connectivity index (χ1v) is 8.76. The van der Waals surface area contributed by atoms with E-state index in [9.17, 15) is 14.9 Å². The summed E-state index contributed by atoms with van der Waals surface area (Å²) in [6, 6.07) is 12.1. The van der Waals surface area contributed by atoms with Gasteiger partial charge >= 0.3 is 0 Å². The van der Waals surface area contributed by atoms with E-state index in [0.717, 1.165) is 0 Å². The molecule has 0 fully saturated rings. The Hall–Kier alpha value is -2.54. The number of carbonyl (C=O) groups is 1. The molecule has 25 heavy (non-hydrogen) atoms. The van der Waals surface area contributed by atoms with Crippen molar-refractivity contribution in [2.45, 2.75) is 24.9 Å².